The number of aliphatic hydroxyl groups is 1. The molecule has 0 aliphatic heterocycles. The number of hydrogen-bond donors (Lipinski definition) is 2. The number of benzene rings is 4. The second kappa shape index (κ2) is 11.5. The molecule has 6 rings (SSSR count). The van der Waals surface area contributed by atoms with E-state index in [-0.39, 0.29) is 11.3 Å². The standard InChI is InChI=1S/C35H32FN3O5S/c1-21(40)20-39-29-11-6-5-8-25(29)17-30(39)24-10-7-9-23(16-24)27-18-28-32(19-31(27)38(3)45(4,42)43)44-34(33(28)35(41)37-2)22-12-14-26(36)15-13-22/h5-19,21,40H,20H2,1-4H3,(H,37,41). The molecule has 0 bridgehead atoms. The van der Waals surface area contributed by atoms with Crippen LogP contribution in [-0.4, -0.2) is 50.5 Å². The van der Waals surface area contributed by atoms with Crippen molar-refractivity contribution in [2.24, 2.45) is 0 Å². The van der Waals surface area contributed by atoms with Crippen LogP contribution in [0.3, 0.4) is 0 Å². The maximum Gasteiger partial charge on any atom is 0.255 e. The molecule has 45 heavy (non-hydrogen) atoms. The summed E-state index contributed by atoms with van der Waals surface area (Å²) in [4.78, 5) is 13.3. The zero-order chi connectivity index (χ0) is 32.0. The van der Waals surface area contributed by atoms with E-state index in [1.54, 1.807) is 19.1 Å². The zero-order valence-electron chi connectivity index (χ0n) is 25.2. The number of anilines is 1. The molecular formula is C35H32FN3O5S. The van der Waals surface area contributed by atoms with Gasteiger partial charge < -0.3 is 19.4 Å². The summed E-state index contributed by atoms with van der Waals surface area (Å²) in [6, 6.07) is 26.7. The summed E-state index contributed by atoms with van der Waals surface area (Å²) in [6.07, 6.45) is 0.535. The number of furan rings is 1. The van der Waals surface area contributed by atoms with Crippen molar-refractivity contribution in [3.63, 3.8) is 0 Å². The second-order valence-corrected chi connectivity index (χ2v) is 13.1. The summed E-state index contributed by atoms with van der Waals surface area (Å²) in [5.41, 5.74) is 5.42. The third-order valence-electron chi connectivity index (χ3n) is 7.93. The molecule has 1 amide bonds. The van der Waals surface area contributed by atoms with Crippen LogP contribution in [0, 0.1) is 5.82 Å². The van der Waals surface area contributed by atoms with Gasteiger partial charge in [0.05, 0.1) is 23.6 Å². The number of sulfonamides is 1. The molecule has 0 aliphatic rings. The molecule has 1 atom stereocenters. The minimum Gasteiger partial charge on any atom is -0.455 e. The third kappa shape index (κ3) is 5.58. The average Bonchev–Trinajstić information content (AvgIpc) is 3.57. The highest BCUT2D eigenvalue weighted by atomic mass is 32.2. The Hall–Kier alpha value is -4.93. The van der Waals surface area contributed by atoms with Crippen molar-refractivity contribution in [3.05, 3.63) is 102 Å². The number of amides is 1. The Kier molecular flexibility index (Phi) is 7.72. The largest absolute Gasteiger partial charge is 0.455 e. The Bertz CT molecular complexity index is 2180. The molecule has 1 unspecified atom stereocenters. The molecule has 6 aromatic rings. The van der Waals surface area contributed by atoms with E-state index in [2.05, 4.69) is 16.0 Å². The number of fused-ring (bicyclic) bond motifs is 2. The van der Waals surface area contributed by atoms with Gasteiger partial charge in [0.25, 0.3) is 5.91 Å². The molecule has 8 nitrogen and oxygen atoms in total. The Morgan fingerprint density at radius 3 is 2.38 bits per heavy atom. The van der Waals surface area contributed by atoms with Gasteiger partial charge in [-0.3, -0.25) is 9.10 Å². The highest BCUT2D eigenvalue weighted by Crippen LogP contribution is 2.42. The van der Waals surface area contributed by atoms with Gasteiger partial charge in [0.15, 0.2) is 0 Å². The molecule has 0 saturated heterocycles. The molecule has 4 aromatic carbocycles. The molecule has 2 N–H and O–H groups in total. The van der Waals surface area contributed by atoms with E-state index in [0.29, 0.717) is 39.9 Å². The first-order valence-corrected chi connectivity index (χ1v) is 16.2. The van der Waals surface area contributed by atoms with Gasteiger partial charge in [-0.1, -0.05) is 36.4 Å². The number of nitrogens with one attached hydrogen (secondary N) is 1. The molecule has 2 heterocycles. The summed E-state index contributed by atoms with van der Waals surface area (Å²) in [5, 5.41) is 14.5. The fraction of sp³-hybridized carbons (Fsp3) is 0.171. The SMILES string of the molecule is CNC(=O)c1c(-c2ccc(F)cc2)oc2cc(N(C)S(C)(=O)=O)c(-c3cccc(-c4cc5ccccc5n4CC(C)O)c3)cc12. The van der Waals surface area contributed by atoms with E-state index in [9.17, 15) is 22.7 Å². The molecule has 0 fully saturated rings. The molecular weight excluding hydrogens is 593 g/mol. The predicted octanol–water partition coefficient (Wildman–Crippen LogP) is 6.66. The van der Waals surface area contributed by atoms with E-state index >= 15 is 0 Å². The number of rotatable bonds is 8. The van der Waals surface area contributed by atoms with Crippen molar-refractivity contribution in [2.75, 3.05) is 24.7 Å². The van der Waals surface area contributed by atoms with Gasteiger partial charge in [0, 0.05) is 59.8 Å². The summed E-state index contributed by atoms with van der Waals surface area (Å²) in [7, 11) is -0.719. The Morgan fingerprint density at radius 2 is 1.69 bits per heavy atom. The third-order valence-corrected chi connectivity index (χ3v) is 9.12. The van der Waals surface area contributed by atoms with Crippen LogP contribution in [0.1, 0.15) is 17.3 Å². The van der Waals surface area contributed by atoms with Crippen molar-refractivity contribution in [3.8, 4) is 33.7 Å². The Labute approximate surface area is 260 Å². The van der Waals surface area contributed by atoms with E-state index in [1.807, 2.05) is 48.5 Å². The highest BCUT2D eigenvalue weighted by molar-refractivity contribution is 7.92. The summed E-state index contributed by atoms with van der Waals surface area (Å²) >= 11 is 0. The van der Waals surface area contributed by atoms with Crippen LogP contribution in [-0.2, 0) is 16.6 Å². The first-order valence-electron chi connectivity index (χ1n) is 14.4. The topological polar surface area (TPSA) is 105 Å². The number of hydrogen-bond acceptors (Lipinski definition) is 5. The van der Waals surface area contributed by atoms with Gasteiger partial charge in [0.1, 0.15) is 17.2 Å². The van der Waals surface area contributed by atoms with Crippen LogP contribution in [0.2, 0.25) is 0 Å². The summed E-state index contributed by atoms with van der Waals surface area (Å²) in [6.45, 7) is 2.13. The number of carbonyl (C=O) groups excluding carboxylic acids is 1. The van der Waals surface area contributed by atoms with Crippen LogP contribution in [0.25, 0.3) is 55.6 Å². The Balaban J connectivity index is 1.61. The van der Waals surface area contributed by atoms with Crippen LogP contribution in [0.5, 0.6) is 0 Å². The minimum absolute atomic E-state index is 0.242. The number of aliphatic hydroxyl groups excluding tert-OH is 1. The average molecular weight is 626 g/mol. The summed E-state index contributed by atoms with van der Waals surface area (Å²) < 4.78 is 48.9. The molecule has 0 spiro atoms. The van der Waals surface area contributed by atoms with E-state index < -0.39 is 27.9 Å². The van der Waals surface area contributed by atoms with Gasteiger partial charge in [0.2, 0.25) is 10.0 Å². The second-order valence-electron chi connectivity index (χ2n) is 11.1. The molecule has 10 heteroatoms. The van der Waals surface area contributed by atoms with Gasteiger partial charge in [-0.2, -0.15) is 0 Å². The van der Waals surface area contributed by atoms with Gasteiger partial charge >= 0.3 is 0 Å². The van der Waals surface area contributed by atoms with Crippen molar-refractivity contribution < 1.29 is 27.1 Å². The molecule has 0 saturated carbocycles. The molecule has 0 radical (unpaired) electrons. The van der Waals surface area contributed by atoms with Crippen LogP contribution < -0.4 is 9.62 Å². The number of para-hydroxylation sites is 1. The Morgan fingerprint density at radius 1 is 0.978 bits per heavy atom. The molecule has 0 aliphatic carbocycles. The maximum atomic E-state index is 13.7. The smallest absolute Gasteiger partial charge is 0.255 e. The lowest BCUT2D eigenvalue weighted by molar-refractivity contribution is 0.0964. The number of aromatic nitrogens is 1. The van der Waals surface area contributed by atoms with E-state index in [4.69, 9.17) is 4.42 Å². The molecule has 2 aromatic heterocycles. The first kappa shape index (κ1) is 30.1. The number of nitrogens with zero attached hydrogens (tertiary/aromatic N) is 2. The number of carbonyl (C=O) groups is 1. The maximum absolute atomic E-state index is 13.7. The van der Waals surface area contributed by atoms with Crippen molar-refractivity contribution in [1.29, 1.82) is 0 Å². The van der Waals surface area contributed by atoms with Gasteiger partial charge in [-0.05, 0) is 66.6 Å². The van der Waals surface area contributed by atoms with Crippen LogP contribution in [0.4, 0.5) is 10.1 Å². The van der Waals surface area contributed by atoms with E-state index in [0.717, 1.165) is 28.4 Å². The fourth-order valence-electron chi connectivity index (χ4n) is 5.71. The van der Waals surface area contributed by atoms with Crippen LogP contribution in [0.15, 0.2) is 95.4 Å². The lowest BCUT2D eigenvalue weighted by Crippen LogP contribution is -2.25. The van der Waals surface area contributed by atoms with Crippen molar-refractivity contribution in [1.82, 2.24) is 9.88 Å². The van der Waals surface area contributed by atoms with Crippen LogP contribution >= 0.6 is 0 Å². The predicted molar refractivity (Wildman–Crippen MR) is 176 cm³/mol. The minimum atomic E-state index is -3.70. The lowest BCUT2D eigenvalue weighted by atomic mass is 9.96. The van der Waals surface area contributed by atoms with Gasteiger partial charge in [-0.25, -0.2) is 12.8 Å². The van der Waals surface area contributed by atoms with Crippen molar-refractivity contribution >= 4 is 43.5 Å². The summed E-state index contributed by atoms with van der Waals surface area (Å²) in [5.74, 6) is -0.589. The normalized spacial score (nSPS) is 12.5. The monoisotopic (exact) mass is 625 g/mol. The highest BCUT2D eigenvalue weighted by Gasteiger charge is 2.26. The van der Waals surface area contributed by atoms with Gasteiger partial charge in [-0.15, -0.1) is 0 Å². The molecule has 230 valence electrons. The van der Waals surface area contributed by atoms with Crippen molar-refractivity contribution in [2.45, 2.75) is 19.6 Å². The zero-order valence-corrected chi connectivity index (χ0v) is 26.0. The fourth-order valence-corrected chi connectivity index (χ4v) is 6.22. The van der Waals surface area contributed by atoms with E-state index in [1.165, 1.54) is 42.7 Å². The first-order chi connectivity index (χ1) is 21.5. The number of halogens is 1. The quantitative estimate of drug-likeness (QED) is 0.197. The lowest BCUT2D eigenvalue weighted by Gasteiger charge is -2.21.